The number of aromatic nitrogens is 2. The second kappa shape index (κ2) is 7.10. The molecule has 10 heteroatoms. The molecule has 2 aromatic heterocycles. The van der Waals surface area contributed by atoms with Gasteiger partial charge in [0.15, 0.2) is 12.4 Å². The van der Waals surface area contributed by atoms with Gasteiger partial charge >= 0.3 is 12.0 Å². The highest BCUT2D eigenvalue weighted by Crippen LogP contribution is 2.38. The molecule has 3 amide bonds. The molecular weight excluding hydrogens is 368 g/mol. The molecule has 1 aliphatic heterocycles. The fourth-order valence-electron chi connectivity index (χ4n) is 3.77. The molecule has 1 N–H and O–H groups in total. The highest BCUT2D eigenvalue weighted by molar-refractivity contribution is 6.08. The Hall–Kier alpha value is -3.17. The largest absolute Gasteiger partial charge is 0.459 e. The van der Waals surface area contributed by atoms with Crippen LogP contribution in [-0.2, 0) is 20.9 Å². The van der Waals surface area contributed by atoms with Gasteiger partial charge in [-0.1, -0.05) is 19.8 Å². The van der Waals surface area contributed by atoms with Gasteiger partial charge in [0.25, 0.3) is 17.7 Å². The van der Waals surface area contributed by atoms with Crippen molar-refractivity contribution in [1.82, 2.24) is 20.4 Å². The summed E-state index contributed by atoms with van der Waals surface area (Å²) in [6.45, 7) is 1.22. The Morgan fingerprint density at radius 2 is 2.25 bits per heavy atom. The molecule has 3 heterocycles. The number of hydrogen-bond acceptors (Lipinski definition) is 8. The molecule has 2 aliphatic rings. The van der Waals surface area contributed by atoms with Gasteiger partial charge in [-0.3, -0.25) is 14.5 Å². The molecule has 2 fully saturated rings. The summed E-state index contributed by atoms with van der Waals surface area (Å²) in [5.74, 6) is -0.428. The average molecular weight is 388 g/mol. The predicted octanol–water partition coefficient (Wildman–Crippen LogP) is 1.87. The minimum absolute atomic E-state index is 0.0251. The van der Waals surface area contributed by atoms with E-state index in [9.17, 15) is 14.4 Å². The van der Waals surface area contributed by atoms with E-state index in [-0.39, 0.29) is 30.2 Å². The summed E-state index contributed by atoms with van der Waals surface area (Å²) in [5, 5.41) is 10.4. The number of esters is 1. The second-order valence-electron chi connectivity index (χ2n) is 7.08. The molecule has 0 radical (unpaired) electrons. The van der Waals surface area contributed by atoms with Crippen LogP contribution < -0.4 is 5.32 Å². The van der Waals surface area contributed by atoms with Crippen LogP contribution in [0.25, 0.3) is 11.7 Å². The lowest BCUT2D eigenvalue weighted by Crippen LogP contribution is -2.54. The van der Waals surface area contributed by atoms with Crippen LogP contribution in [0.3, 0.4) is 0 Å². The maximum absolute atomic E-state index is 12.8. The number of rotatable bonds is 5. The molecule has 2 atom stereocenters. The van der Waals surface area contributed by atoms with Crippen molar-refractivity contribution >= 4 is 17.9 Å². The fraction of sp³-hybridized carbons (Fsp3) is 0.500. The van der Waals surface area contributed by atoms with Gasteiger partial charge in [0, 0.05) is 0 Å². The number of amides is 3. The smallest absolute Gasteiger partial charge is 0.326 e. The van der Waals surface area contributed by atoms with Crippen molar-refractivity contribution < 1.29 is 28.0 Å². The summed E-state index contributed by atoms with van der Waals surface area (Å²) in [6, 6.07) is 2.77. The predicted molar refractivity (Wildman–Crippen MR) is 92.4 cm³/mol. The quantitative estimate of drug-likeness (QED) is 0.607. The standard InChI is InChI=1S/C18H20N4O6/c1-11-5-2-3-7-18(11)16(24)22(17(25)19-18)9-14(23)27-10-13-20-21-15(28-13)12-6-4-8-26-12/h4,6,8,11H,2-3,5,7,9-10H2,1H3,(H,19,25)/t11-,18+/m0/s1. The van der Waals surface area contributed by atoms with Crippen LogP contribution in [0, 0.1) is 5.92 Å². The molecule has 148 valence electrons. The Bertz CT molecular complexity index is 892. The third-order valence-electron chi connectivity index (χ3n) is 5.34. The van der Waals surface area contributed by atoms with E-state index < -0.39 is 24.1 Å². The first-order valence-corrected chi connectivity index (χ1v) is 9.15. The van der Waals surface area contributed by atoms with Crippen LogP contribution in [0.5, 0.6) is 0 Å². The number of urea groups is 1. The monoisotopic (exact) mass is 388 g/mol. The number of hydrogen-bond donors (Lipinski definition) is 1. The van der Waals surface area contributed by atoms with Crippen molar-refractivity contribution in [3.8, 4) is 11.7 Å². The zero-order valence-electron chi connectivity index (χ0n) is 15.3. The first kappa shape index (κ1) is 18.2. The van der Waals surface area contributed by atoms with E-state index in [1.165, 1.54) is 6.26 Å². The number of imide groups is 1. The third kappa shape index (κ3) is 3.14. The van der Waals surface area contributed by atoms with Gasteiger partial charge < -0.3 is 18.9 Å². The van der Waals surface area contributed by atoms with E-state index in [1.807, 2.05) is 6.92 Å². The summed E-state index contributed by atoms with van der Waals surface area (Å²) >= 11 is 0. The Morgan fingerprint density at radius 1 is 1.39 bits per heavy atom. The van der Waals surface area contributed by atoms with Crippen molar-refractivity contribution in [3.63, 3.8) is 0 Å². The molecule has 0 unspecified atom stereocenters. The topological polar surface area (TPSA) is 128 Å². The minimum atomic E-state index is -0.903. The van der Waals surface area contributed by atoms with Crippen molar-refractivity contribution in [2.45, 2.75) is 44.8 Å². The van der Waals surface area contributed by atoms with Crippen molar-refractivity contribution in [1.29, 1.82) is 0 Å². The highest BCUT2D eigenvalue weighted by Gasteiger charge is 2.55. The van der Waals surface area contributed by atoms with E-state index in [0.717, 1.165) is 24.2 Å². The lowest BCUT2D eigenvalue weighted by atomic mass is 9.73. The van der Waals surface area contributed by atoms with Gasteiger partial charge in [-0.15, -0.1) is 10.2 Å². The van der Waals surface area contributed by atoms with Gasteiger partial charge in [0.05, 0.1) is 6.26 Å². The van der Waals surface area contributed by atoms with Crippen LogP contribution in [0.1, 0.15) is 38.5 Å². The van der Waals surface area contributed by atoms with E-state index in [2.05, 4.69) is 15.5 Å². The van der Waals surface area contributed by atoms with E-state index >= 15 is 0 Å². The summed E-state index contributed by atoms with van der Waals surface area (Å²) in [4.78, 5) is 38.2. The molecule has 0 bridgehead atoms. The Morgan fingerprint density at radius 3 is 3.00 bits per heavy atom. The maximum atomic E-state index is 12.8. The normalized spacial score (nSPS) is 24.6. The lowest BCUT2D eigenvalue weighted by molar-refractivity contribution is -0.150. The van der Waals surface area contributed by atoms with Gasteiger partial charge in [-0.25, -0.2) is 4.79 Å². The van der Waals surface area contributed by atoms with Crippen LogP contribution >= 0.6 is 0 Å². The third-order valence-corrected chi connectivity index (χ3v) is 5.34. The van der Waals surface area contributed by atoms with Gasteiger partial charge in [-0.2, -0.15) is 0 Å². The Balaban J connectivity index is 1.35. The number of ether oxygens (including phenoxy) is 1. The fourth-order valence-corrected chi connectivity index (χ4v) is 3.77. The zero-order chi connectivity index (χ0) is 19.7. The minimum Gasteiger partial charge on any atom is -0.459 e. The van der Waals surface area contributed by atoms with Crippen LogP contribution in [0.2, 0.25) is 0 Å². The molecule has 1 saturated heterocycles. The van der Waals surface area contributed by atoms with Crippen LogP contribution in [-0.4, -0.2) is 45.1 Å². The lowest BCUT2D eigenvalue weighted by Gasteiger charge is -2.36. The molecule has 28 heavy (non-hydrogen) atoms. The average Bonchev–Trinajstić information content (AvgIpc) is 3.40. The van der Waals surface area contributed by atoms with E-state index in [4.69, 9.17) is 13.6 Å². The number of carbonyl (C=O) groups excluding carboxylic acids is 3. The number of furan rings is 1. The molecule has 4 rings (SSSR count). The molecule has 2 aromatic rings. The summed E-state index contributed by atoms with van der Waals surface area (Å²) < 4.78 is 15.6. The van der Waals surface area contributed by atoms with E-state index in [0.29, 0.717) is 12.2 Å². The first-order chi connectivity index (χ1) is 13.5. The Labute approximate surface area is 160 Å². The molecule has 1 aliphatic carbocycles. The van der Waals surface area contributed by atoms with Gasteiger partial charge in [0.2, 0.25) is 0 Å². The molecule has 1 saturated carbocycles. The van der Waals surface area contributed by atoms with Gasteiger partial charge in [-0.05, 0) is 30.9 Å². The molecule has 0 aromatic carbocycles. The first-order valence-electron chi connectivity index (χ1n) is 9.15. The second-order valence-corrected chi connectivity index (χ2v) is 7.08. The summed E-state index contributed by atoms with van der Waals surface area (Å²) in [6.07, 6.45) is 4.81. The van der Waals surface area contributed by atoms with Crippen molar-refractivity contribution in [3.05, 3.63) is 24.3 Å². The molecule has 10 nitrogen and oxygen atoms in total. The highest BCUT2D eigenvalue weighted by atomic mass is 16.5. The molecule has 1 spiro atoms. The van der Waals surface area contributed by atoms with Crippen molar-refractivity contribution in [2.75, 3.05) is 6.54 Å². The summed E-state index contributed by atoms with van der Waals surface area (Å²) in [7, 11) is 0. The van der Waals surface area contributed by atoms with Crippen LogP contribution in [0.4, 0.5) is 4.79 Å². The Kier molecular flexibility index (Phi) is 4.62. The molecular formula is C18H20N4O6. The maximum Gasteiger partial charge on any atom is 0.326 e. The SMILES string of the molecule is C[C@H]1CCCC[C@@]12NC(=O)N(CC(=O)OCc1nnc(-c3ccco3)o1)C2=O. The zero-order valence-corrected chi connectivity index (χ0v) is 15.3. The van der Waals surface area contributed by atoms with Gasteiger partial charge in [0.1, 0.15) is 12.1 Å². The summed E-state index contributed by atoms with van der Waals surface area (Å²) in [5.41, 5.74) is -0.903. The van der Waals surface area contributed by atoms with E-state index in [1.54, 1.807) is 12.1 Å². The number of nitrogens with zero attached hydrogens (tertiary/aromatic N) is 3. The van der Waals surface area contributed by atoms with Crippen LogP contribution in [0.15, 0.2) is 27.2 Å². The number of nitrogens with one attached hydrogen (secondary N) is 1. The number of carbonyl (C=O) groups is 3. The van der Waals surface area contributed by atoms with Crippen molar-refractivity contribution in [2.24, 2.45) is 5.92 Å².